The van der Waals surface area contributed by atoms with Gasteiger partial charge < -0.3 is 4.79 Å². The molecule has 0 aliphatic carbocycles. The average molecular weight is 389 g/mol. The summed E-state index contributed by atoms with van der Waals surface area (Å²) in [5.74, 6) is 0. The Hall–Kier alpha value is -0.837. The first kappa shape index (κ1) is 20.2. The average Bonchev–Trinajstić information content (AvgIpc) is 2.48. The molecule has 0 fully saturated rings. The van der Waals surface area contributed by atoms with Crippen LogP contribution < -0.4 is 10.6 Å². The molecule has 0 spiro atoms. The molecule has 0 aromatic heterocycles. The number of benzene rings is 2. The molecule has 2 rings (SSSR count). The molecule has 0 amide bonds. The van der Waals surface area contributed by atoms with E-state index in [1.807, 2.05) is 6.79 Å². The normalized spacial score (nSPS) is 10.3. The van der Waals surface area contributed by atoms with Crippen molar-refractivity contribution in [2.45, 2.75) is 20.8 Å². The predicted molar refractivity (Wildman–Crippen MR) is 90.5 cm³/mol. The fraction of sp³-hybridized carbons (Fsp3) is 0.278. The van der Waals surface area contributed by atoms with Crippen LogP contribution in [0.4, 0.5) is 0 Å². The van der Waals surface area contributed by atoms with E-state index in [-0.39, 0.29) is 27.4 Å². The van der Waals surface area contributed by atoms with Crippen LogP contribution in [0.2, 0.25) is 0 Å². The maximum Gasteiger partial charge on any atom is 0.106 e. The third-order valence-electron chi connectivity index (χ3n) is 2.77. The smallest absolute Gasteiger partial charge is 0.106 e. The van der Waals surface area contributed by atoms with Gasteiger partial charge in [-0.2, -0.15) is 0 Å². The Labute approximate surface area is 142 Å². The van der Waals surface area contributed by atoms with Gasteiger partial charge in [0.25, 0.3) is 0 Å². The molecule has 1 radical (unpaired) electrons. The van der Waals surface area contributed by atoms with Crippen molar-refractivity contribution >= 4 is 25.3 Å². The topological polar surface area (TPSA) is 17.1 Å². The standard InChI is InChI=1S/C17H21P.CH2O.Rh/c1-17(2,3)14-18(15-10-6-4-7-11-15)16-12-8-5-9-13-16;1-2;/h4-13H,14H2,1-3H3;1H2;. The van der Waals surface area contributed by atoms with Crippen LogP contribution in [0.5, 0.6) is 0 Å². The van der Waals surface area contributed by atoms with Gasteiger partial charge in [-0.05, 0) is 30.1 Å². The molecule has 0 atom stereocenters. The molecule has 2 aromatic rings. The second kappa shape index (κ2) is 9.98. The van der Waals surface area contributed by atoms with E-state index in [0.717, 1.165) is 0 Å². The quantitative estimate of drug-likeness (QED) is 0.574. The Kier molecular flexibility index (Phi) is 9.59. The van der Waals surface area contributed by atoms with Crippen molar-refractivity contribution in [3.05, 3.63) is 60.7 Å². The third kappa shape index (κ3) is 7.12. The summed E-state index contributed by atoms with van der Waals surface area (Å²) in [6, 6.07) is 21.9. The minimum atomic E-state index is -0.239. The summed E-state index contributed by atoms with van der Waals surface area (Å²) in [4.78, 5) is 8.00. The molecule has 0 saturated carbocycles. The zero-order valence-electron chi connectivity index (χ0n) is 12.9. The summed E-state index contributed by atoms with van der Waals surface area (Å²) >= 11 is 0. The first-order valence-corrected chi connectivity index (χ1v) is 8.25. The van der Waals surface area contributed by atoms with Gasteiger partial charge in [0.1, 0.15) is 6.79 Å². The Morgan fingerprint density at radius 3 is 1.43 bits per heavy atom. The van der Waals surface area contributed by atoms with E-state index in [1.165, 1.54) is 16.8 Å². The van der Waals surface area contributed by atoms with Crippen LogP contribution >= 0.6 is 7.92 Å². The molecular formula is C18H23OPRh. The number of carbonyl (C=O) groups excluding carboxylic acids is 1. The third-order valence-corrected chi connectivity index (χ3v) is 5.88. The van der Waals surface area contributed by atoms with Gasteiger partial charge in [0.05, 0.1) is 0 Å². The maximum atomic E-state index is 8.00. The fourth-order valence-corrected chi connectivity index (χ4v) is 4.70. The van der Waals surface area contributed by atoms with E-state index in [9.17, 15) is 0 Å². The van der Waals surface area contributed by atoms with Crippen LogP contribution in [0.3, 0.4) is 0 Å². The zero-order valence-corrected chi connectivity index (χ0v) is 15.4. The summed E-state index contributed by atoms with van der Waals surface area (Å²) in [5.41, 5.74) is 0.359. The van der Waals surface area contributed by atoms with Crippen LogP contribution in [-0.4, -0.2) is 13.0 Å². The van der Waals surface area contributed by atoms with Gasteiger partial charge in [-0.25, -0.2) is 0 Å². The summed E-state index contributed by atoms with van der Waals surface area (Å²) in [6.45, 7) is 8.98. The minimum absolute atomic E-state index is 0. The summed E-state index contributed by atoms with van der Waals surface area (Å²) < 4.78 is 0. The van der Waals surface area contributed by atoms with Crippen molar-refractivity contribution in [2.24, 2.45) is 5.41 Å². The molecule has 1 nitrogen and oxygen atoms in total. The van der Waals surface area contributed by atoms with E-state index in [2.05, 4.69) is 81.4 Å². The largest absolute Gasteiger partial charge is 0.307 e. The van der Waals surface area contributed by atoms with Crippen LogP contribution in [0, 0.1) is 5.41 Å². The molecule has 0 heterocycles. The number of hydrogen-bond donors (Lipinski definition) is 0. The number of hydrogen-bond acceptors (Lipinski definition) is 1. The van der Waals surface area contributed by atoms with Gasteiger partial charge in [-0.15, -0.1) is 0 Å². The van der Waals surface area contributed by atoms with Crippen LogP contribution in [0.25, 0.3) is 0 Å². The SMILES string of the molecule is C=O.CC(C)(C)CP(c1ccccc1)c1ccccc1.[Rh]. The Morgan fingerprint density at radius 2 is 1.14 bits per heavy atom. The minimum Gasteiger partial charge on any atom is -0.307 e. The van der Waals surface area contributed by atoms with Gasteiger partial charge in [0, 0.05) is 19.5 Å². The van der Waals surface area contributed by atoms with Crippen molar-refractivity contribution < 1.29 is 24.3 Å². The summed E-state index contributed by atoms with van der Waals surface area (Å²) in [6.07, 6.45) is 1.23. The second-order valence-corrected chi connectivity index (χ2v) is 8.02. The maximum absolute atomic E-state index is 8.00. The van der Waals surface area contributed by atoms with Gasteiger partial charge >= 0.3 is 0 Å². The zero-order chi connectivity index (χ0) is 15.0. The van der Waals surface area contributed by atoms with Gasteiger partial charge in [0.15, 0.2) is 0 Å². The van der Waals surface area contributed by atoms with Crippen molar-refractivity contribution in [2.75, 3.05) is 6.16 Å². The Bertz CT molecular complexity index is 454. The predicted octanol–water partition coefficient (Wildman–Crippen LogP) is 3.98. The molecule has 115 valence electrons. The number of rotatable bonds is 3. The van der Waals surface area contributed by atoms with Gasteiger partial charge in [-0.1, -0.05) is 81.4 Å². The first-order valence-electron chi connectivity index (χ1n) is 6.73. The van der Waals surface area contributed by atoms with E-state index in [4.69, 9.17) is 4.79 Å². The fourth-order valence-electron chi connectivity index (χ4n) is 2.02. The second-order valence-electron chi connectivity index (χ2n) is 5.82. The van der Waals surface area contributed by atoms with E-state index < -0.39 is 0 Å². The van der Waals surface area contributed by atoms with E-state index in [1.54, 1.807) is 0 Å². The summed E-state index contributed by atoms with van der Waals surface area (Å²) in [5, 5.41) is 2.96. The molecule has 2 aromatic carbocycles. The van der Waals surface area contributed by atoms with Crippen LogP contribution in [-0.2, 0) is 24.3 Å². The van der Waals surface area contributed by atoms with Crippen molar-refractivity contribution in [3.63, 3.8) is 0 Å². The van der Waals surface area contributed by atoms with Crippen molar-refractivity contribution in [1.29, 1.82) is 0 Å². The molecule has 21 heavy (non-hydrogen) atoms. The van der Waals surface area contributed by atoms with E-state index in [0.29, 0.717) is 5.41 Å². The van der Waals surface area contributed by atoms with E-state index >= 15 is 0 Å². The molecule has 0 unspecified atom stereocenters. The molecule has 0 saturated heterocycles. The Morgan fingerprint density at radius 1 is 0.810 bits per heavy atom. The molecule has 0 bridgehead atoms. The van der Waals surface area contributed by atoms with Crippen molar-refractivity contribution in [1.82, 2.24) is 0 Å². The Balaban J connectivity index is 0.00000128. The monoisotopic (exact) mass is 389 g/mol. The molecule has 0 aliphatic rings. The number of carbonyl (C=O) groups is 1. The van der Waals surface area contributed by atoms with Crippen molar-refractivity contribution in [3.8, 4) is 0 Å². The van der Waals surface area contributed by atoms with Gasteiger partial charge in [-0.3, -0.25) is 0 Å². The van der Waals surface area contributed by atoms with Crippen LogP contribution in [0.15, 0.2) is 60.7 Å². The van der Waals surface area contributed by atoms with Crippen LogP contribution in [0.1, 0.15) is 20.8 Å². The first-order chi connectivity index (χ1) is 9.56. The molecule has 3 heteroatoms. The molecular weight excluding hydrogens is 366 g/mol. The summed E-state index contributed by atoms with van der Waals surface area (Å²) in [7, 11) is -0.239. The molecule has 0 N–H and O–H groups in total. The van der Waals surface area contributed by atoms with Gasteiger partial charge in [0.2, 0.25) is 0 Å². The molecule has 0 aliphatic heterocycles.